The lowest BCUT2D eigenvalue weighted by Gasteiger charge is -2.03. The highest BCUT2D eigenvalue weighted by atomic mass is 32.2. The third kappa shape index (κ3) is 3.27. The van der Waals surface area contributed by atoms with E-state index in [9.17, 15) is 9.18 Å². The molecular weight excluding hydrogens is 285 g/mol. The summed E-state index contributed by atoms with van der Waals surface area (Å²) in [5, 5.41) is 8.91. The lowest BCUT2D eigenvalue weighted by molar-refractivity contribution is 0.0702. The molecule has 0 aliphatic carbocycles. The summed E-state index contributed by atoms with van der Waals surface area (Å²) in [6, 6.07) is 6.21. The van der Waals surface area contributed by atoms with Crippen molar-refractivity contribution in [1.82, 2.24) is 0 Å². The topological polar surface area (TPSA) is 63.3 Å². The molecule has 0 aliphatic rings. The molecule has 0 bridgehead atoms. The maximum atomic E-state index is 13.6. The molecule has 0 amide bonds. The lowest BCUT2D eigenvalue weighted by Crippen LogP contribution is -1.90. The van der Waals surface area contributed by atoms with E-state index in [-0.39, 0.29) is 5.82 Å². The van der Waals surface area contributed by atoms with Crippen LogP contribution in [0.2, 0.25) is 0 Å². The zero-order chi connectivity index (χ0) is 14.0. The Labute approximate surface area is 118 Å². The van der Waals surface area contributed by atoms with E-state index in [2.05, 4.69) is 0 Å². The zero-order valence-electron chi connectivity index (χ0n) is 10.1. The van der Waals surface area contributed by atoms with Crippen molar-refractivity contribution in [3.63, 3.8) is 0 Å². The summed E-state index contributed by atoms with van der Waals surface area (Å²) in [5.41, 5.74) is 6.79. The van der Waals surface area contributed by atoms with Crippen LogP contribution in [0.25, 0.3) is 0 Å². The number of carboxylic acid groups (broad SMARTS) is 1. The van der Waals surface area contributed by atoms with Crippen LogP contribution in [0.1, 0.15) is 20.1 Å². The fourth-order valence-corrected chi connectivity index (χ4v) is 3.50. The molecule has 0 saturated carbocycles. The molecular formula is C13H12FNO2S2. The van der Waals surface area contributed by atoms with Gasteiger partial charge in [-0.25, -0.2) is 9.18 Å². The van der Waals surface area contributed by atoms with Gasteiger partial charge in [0.15, 0.2) is 0 Å². The summed E-state index contributed by atoms with van der Waals surface area (Å²) >= 11 is 2.57. The van der Waals surface area contributed by atoms with Crippen molar-refractivity contribution in [2.75, 3.05) is 5.73 Å². The first kappa shape index (κ1) is 13.9. The van der Waals surface area contributed by atoms with Crippen molar-refractivity contribution in [3.05, 3.63) is 45.4 Å². The molecule has 6 heteroatoms. The SMILES string of the molecule is Cc1sc(C(=O)O)cc1CSc1ccc(N)cc1F. The Kier molecular flexibility index (Phi) is 4.11. The standard InChI is InChI=1S/C13H12FNO2S2/c1-7-8(4-12(19-7)13(16)17)6-18-11-3-2-9(15)5-10(11)14/h2-5H,6,15H2,1H3,(H,16,17). The van der Waals surface area contributed by atoms with Crippen molar-refractivity contribution < 1.29 is 14.3 Å². The summed E-state index contributed by atoms with van der Waals surface area (Å²) < 4.78 is 13.6. The molecule has 2 rings (SSSR count). The molecule has 0 unspecified atom stereocenters. The van der Waals surface area contributed by atoms with Gasteiger partial charge >= 0.3 is 5.97 Å². The predicted molar refractivity (Wildman–Crippen MR) is 76.4 cm³/mol. The molecule has 0 radical (unpaired) electrons. The van der Waals surface area contributed by atoms with Gasteiger partial charge in [-0.15, -0.1) is 23.1 Å². The molecule has 1 aromatic carbocycles. The van der Waals surface area contributed by atoms with E-state index in [0.29, 0.717) is 21.2 Å². The van der Waals surface area contributed by atoms with Crippen LogP contribution in [0.15, 0.2) is 29.2 Å². The zero-order valence-corrected chi connectivity index (χ0v) is 11.8. The Morgan fingerprint density at radius 3 is 2.79 bits per heavy atom. The van der Waals surface area contributed by atoms with E-state index in [1.165, 1.54) is 29.2 Å². The Hall–Kier alpha value is -1.53. The second kappa shape index (κ2) is 5.63. The predicted octanol–water partition coefficient (Wildman–Crippen LogP) is 3.77. The Bertz CT molecular complexity index is 625. The molecule has 0 aliphatic heterocycles. The van der Waals surface area contributed by atoms with E-state index >= 15 is 0 Å². The Balaban J connectivity index is 2.12. The quantitative estimate of drug-likeness (QED) is 0.666. The first-order chi connectivity index (χ1) is 8.97. The minimum Gasteiger partial charge on any atom is -0.477 e. The summed E-state index contributed by atoms with van der Waals surface area (Å²) in [6.07, 6.45) is 0. The van der Waals surface area contributed by atoms with Gasteiger partial charge < -0.3 is 10.8 Å². The average Bonchev–Trinajstić information content (AvgIpc) is 2.70. The van der Waals surface area contributed by atoms with Gasteiger partial charge in [-0.05, 0) is 36.8 Å². The number of carbonyl (C=O) groups is 1. The van der Waals surface area contributed by atoms with Gasteiger partial charge in [0.05, 0.1) is 0 Å². The molecule has 3 N–H and O–H groups in total. The number of carboxylic acids is 1. The third-order valence-corrected chi connectivity index (χ3v) is 4.75. The summed E-state index contributed by atoms with van der Waals surface area (Å²) in [7, 11) is 0. The average molecular weight is 297 g/mol. The molecule has 0 saturated heterocycles. The van der Waals surface area contributed by atoms with Gasteiger partial charge in [0.2, 0.25) is 0 Å². The first-order valence-corrected chi connectivity index (χ1v) is 7.28. The molecule has 0 spiro atoms. The Morgan fingerprint density at radius 2 is 2.21 bits per heavy atom. The normalized spacial score (nSPS) is 10.6. The molecule has 1 aromatic heterocycles. The van der Waals surface area contributed by atoms with Crippen LogP contribution in [0.4, 0.5) is 10.1 Å². The summed E-state index contributed by atoms with van der Waals surface area (Å²) in [4.78, 5) is 12.6. The monoisotopic (exact) mass is 297 g/mol. The maximum absolute atomic E-state index is 13.6. The van der Waals surface area contributed by atoms with E-state index in [0.717, 1.165) is 10.4 Å². The number of hydrogen-bond donors (Lipinski definition) is 2. The second-order valence-corrected chi connectivity index (χ2v) is 6.25. The maximum Gasteiger partial charge on any atom is 0.345 e. The van der Waals surface area contributed by atoms with Crippen LogP contribution in [0.3, 0.4) is 0 Å². The Morgan fingerprint density at radius 1 is 1.47 bits per heavy atom. The highest BCUT2D eigenvalue weighted by Gasteiger charge is 2.12. The van der Waals surface area contributed by atoms with Crippen molar-refractivity contribution in [2.24, 2.45) is 0 Å². The van der Waals surface area contributed by atoms with Crippen molar-refractivity contribution in [1.29, 1.82) is 0 Å². The van der Waals surface area contributed by atoms with Crippen LogP contribution < -0.4 is 5.73 Å². The molecule has 1 heterocycles. The number of anilines is 1. The van der Waals surface area contributed by atoms with Crippen molar-refractivity contribution in [2.45, 2.75) is 17.6 Å². The van der Waals surface area contributed by atoms with E-state index in [1.54, 1.807) is 18.2 Å². The van der Waals surface area contributed by atoms with Gasteiger partial charge in [0, 0.05) is 21.2 Å². The van der Waals surface area contributed by atoms with Crippen LogP contribution in [-0.4, -0.2) is 11.1 Å². The summed E-state index contributed by atoms with van der Waals surface area (Å²) in [6.45, 7) is 1.87. The van der Waals surface area contributed by atoms with Crippen LogP contribution >= 0.6 is 23.1 Å². The third-order valence-electron chi connectivity index (χ3n) is 2.57. The van der Waals surface area contributed by atoms with E-state index in [1.807, 2.05) is 6.92 Å². The van der Waals surface area contributed by atoms with Gasteiger partial charge in [0.25, 0.3) is 0 Å². The first-order valence-electron chi connectivity index (χ1n) is 5.48. The number of benzene rings is 1. The number of aromatic carboxylic acids is 1. The minimum absolute atomic E-state index is 0.311. The highest BCUT2D eigenvalue weighted by molar-refractivity contribution is 7.98. The highest BCUT2D eigenvalue weighted by Crippen LogP contribution is 2.30. The van der Waals surface area contributed by atoms with E-state index < -0.39 is 5.97 Å². The molecule has 3 nitrogen and oxygen atoms in total. The smallest absolute Gasteiger partial charge is 0.345 e. The fraction of sp³-hybridized carbons (Fsp3) is 0.154. The van der Waals surface area contributed by atoms with Gasteiger partial charge in [-0.2, -0.15) is 0 Å². The number of nitrogens with two attached hydrogens (primary N) is 1. The number of rotatable bonds is 4. The number of thioether (sulfide) groups is 1. The van der Waals surface area contributed by atoms with Crippen LogP contribution in [0, 0.1) is 12.7 Å². The number of halogens is 1. The van der Waals surface area contributed by atoms with Crippen LogP contribution in [0.5, 0.6) is 0 Å². The van der Waals surface area contributed by atoms with Gasteiger partial charge in [0.1, 0.15) is 10.7 Å². The molecule has 100 valence electrons. The van der Waals surface area contributed by atoms with Crippen LogP contribution in [-0.2, 0) is 5.75 Å². The number of aryl methyl sites for hydroxylation is 1. The minimum atomic E-state index is -0.928. The lowest BCUT2D eigenvalue weighted by atomic mass is 10.3. The number of thiophene rings is 1. The van der Waals surface area contributed by atoms with E-state index in [4.69, 9.17) is 10.8 Å². The van der Waals surface area contributed by atoms with Crippen molar-refractivity contribution >= 4 is 34.8 Å². The summed E-state index contributed by atoms with van der Waals surface area (Å²) in [5.74, 6) is -0.740. The number of hydrogen-bond acceptors (Lipinski definition) is 4. The van der Waals surface area contributed by atoms with Gasteiger partial charge in [-0.3, -0.25) is 0 Å². The number of nitrogen functional groups attached to an aromatic ring is 1. The molecule has 2 aromatic rings. The second-order valence-electron chi connectivity index (χ2n) is 3.98. The van der Waals surface area contributed by atoms with Gasteiger partial charge in [-0.1, -0.05) is 0 Å². The van der Waals surface area contributed by atoms with Crippen molar-refractivity contribution in [3.8, 4) is 0 Å². The fourth-order valence-electron chi connectivity index (χ4n) is 1.56. The molecule has 0 fully saturated rings. The molecule has 0 atom stereocenters. The molecule has 19 heavy (non-hydrogen) atoms. The largest absolute Gasteiger partial charge is 0.477 e.